The molecule has 0 aliphatic carbocycles. The number of nitrogens with zero attached hydrogens (tertiary/aromatic N) is 1. The molecule has 1 heterocycles. The van der Waals surface area contributed by atoms with Crippen LogP contribution in [0.25, 0.3) is 10.9 Å². The molecule has 3 rings (SSSR count). The minimum absolute atomic E-state index is 0.183. The van der Waals surface area contributed by atoms with E-state index in [0.29, 0.717) is 18.3 Å². The van der Waals surface area contributed by atoms with Gasteiger partial charge in [0.05, 0.1) is 19.0 Å². The first-order valence-corrected chi connectivity index (χ1v) is 8.52. The van der Waals surface area contributed by atoms with Crippen molar-refractivity contribution in [2.24, 2.45) is 0 Å². The Morgan fingerprint density at radius 3 is 2.44 bits per heavy atom. The van der Waals surface area contributed by atoms with Gasteiger partial charge in [0.15, 0.2) is 0 Å². The Balaban J connectivity index is 2.01. The molecule has 0 amide bonds. The fourth-order valence-corrected chi connectivity index (χ4v) is 3.16. The average Bonchev–Trinajstić information content (AvgIpc) is 2.88. The van der Waals surface area contributed by atoms with E-state index in [1.54, 1.807) is 0 Å². The van der Waals surface area contributed by atoms with Gasteiger partial charge in [-0.3, -0.25) is 4.79 Å². The third-order valence-corrected chi connectivity index (χ3v) is 4.66. The molecule has 0 spiro atoms. The van der Waals surface area contributed by atoms with Gasteiger partial charge in [0.2, 0.25) is 0 Å². The topological polar surface area (TPSA) is 57.2 Å². The predicted molar refractivity (Wildman–Crippen MR) is 102 cm³/mol. The lowest BCUT2D eigenvalue weighted by atomic mass is 10.0. The number of carbonyl (C=O) groups excluding carboxylic acids is 1. The zero-order valence-electron chi connectivity index (χ0n) is 15.0. The highest BCUT2D eigenvalue weighted by Crippen LogP contribution is 2.30. The maximum Gasteiger partial charge on any atom is 0.310 e. The van der Waals surface area contributed by atoms with E-state index >= 15 is 0 Å². The summed E-state index contributed by atoms with van der Waals surface area (Å²) in [5.74, 6) is 0.855. The van der Waals surface area contributed by atoms with Crippen LogP contribution in [0.5, 0.6) is 0 Å². The second-order valence-electron chi connectivity index (χ2n) is 6.62. The van der Waals surface area contributed by atoms with Crippen LogP contribution in [-0.2, 0) is 22.5 Å². The Bertz CT molecular complexity index is 892. The fraction of sp³-hybridized carbons (Fsp3) is 0.286. The number of hydrogen-bond donors (Lipinski definition) is 1. The molecule has 0 unspecified atom stereocenters. The van der Waals surface area contributed by atoms with Gasteiger partial charge in [-0.2, -0.15) is 0 Å². The van der Waals surface area contributed by atoms with Crippen molar-refractivity contribution in [3.8, 4) is 0 Å². The van der Waals surface area contributed by atoms with Crippen LogP contribution < -0.4 is 5.73 Å². The van der Waals surface area contributed by atoms with E-state index in [2.05, 4.69) is 42.7 Å². The molecular weight excluding hydrogens is 312 g/mol. The number of para-hydroxylation sites is 1. The van der Waals surface area contributed by atoms with Gasteiger partial charge in [-0.05, 0) is 23.1 Å². The van der Waals surface area contributed by atoms with Crippen LogP contribution in [0.1, 0.15) is 36.5 Å². The number of carbonyl (C=O) groups is 1. The summed E-state index contributed by atoms with van der Waals surface area (Å²) in [7, 11) is 1.40. The van der Waals surface area contributed by atoms with Gasteiger partial charge in [0.25, 0.3) is 0 Å². The number of benzene rings is 2. The molecule has 130 valence electrons. The van der Waals surface area contributed by atoms with Gasteiger partial charge in [-0.1, -0.05) is 56.3 Å². The van der Waals surface area contributed by atoms with E-state index < -0.39 is 0 Å². The molecule has 2 aromatic carbocycles. The van der Waals surface area contributed by atoms with Crippen LogP contribution in [0.3, 0.4) is 0 Å². The van der Waals surface area contributed by atoms with Crippen molar-refractivity contribution in [3.05, 3.63) is 65.2 Å². The van der Waals surface area contributed by atoms with Gasteiger partial charge >= 0.3 is 5.97 Å². The van der Waals surface area contributed by atoms with E-state index in [-0.39, 0.29) is 12.4 Å². The second kappa shape index (κ2) is 7.01. The standard InChI is InChI=1S/C21H24N2O2/c1-14(2)16-10-8-15(9-11-16)13-23-19-7-5-4-6-17(19)18(21(23)22)12-20(24)25-3/h4-11,14H,12-13,22H2,1-3H3. The summed E-state index contributed by atoms with van der Waals surface area (Å²) < 4.78 is 6.88. The lowest BCUT2D eigenvalue weighted by Crippen LogP contribution is -2.09. The predicted octanol–water partition coefficient (Wildman–Crippen LogP) is 4.11. The zero-order chi connectivity index (χ0) is 18.0. The van der Waals surface area contributed by atoms with E-state index in [9.17, 15) is 4.79 Å². The van der Waals surface area contributed by atoms with Crippen molar-refractivity contribution in [1.29, 1.82) is 0 Å². The number of anilines is 1. The number of nitrogen functional groups attached to an aromatic ring is 1. The molecule has 4 heteroatoms. The van der Waals surface area contributed by atoms with E-state index in [1.807, 2.05) is 24.3 Å². The van der Waals surface area contributed by atoms with Gasteiger partial charge < -0.3 is 15.0 Å². The van der Waals surface area contributed by atoms with Crippen molar-refractivity contribution in [1.82, 2.24) is 4.57 Å². The van der Waals surface area contributed by atoms with Crippen molar-refractivity contribution in [2.75, 3.05) is 12.8 Å². The first-order valence-electron chi connectivity index (χ1n) is 8.52. The molecule has 0 atom stereocenters. The summed E-state index contributed by atoms with van der Waals surface area (Å²) in [6.07, 6.45) is 0.183. The quantitative estimate of drug-likeness (QED) is 0.713. The molecule has 0 aliphatic rings. The highest BCUT2D eigenvalue weighted by molar-refractivity contribution is 5.93. The highest BCUT2D eigenvalue weighted by Gasteiger charge is 2.17. The lowest BCUT2D eigenvalue weighted by Gasteiger charge is -2.11. The van der Waals surface area contributed by atoms with Gasteiger partial charge in [0.1, 0.15) is 5.82 Å². The molecule has 4 nitrogen and oxygen atoms in total. The minimum Gasteiger partial charge on any atom is -0.469 e. The molecule has 25 heavy (non-hydrogen) atoms. The molecule has 1 aromatic heterocycles. The summed E-state index contributed by atoms with van der Waals surface area (Å²) in [6.45, 7) is 5.04. The number of nitrogens with two attached hydrogens (primary N) is 1. The molecule has 0 radical (unpaired) electrons. The van der Waals surface area contributed by atoms with Crippen LogP contribution >= 0.6 is 0 Å². The zero-order valence-corrected chi connectivity index (χ0v) is 15.0. The van der Waals surface area contributed by atoms with E-state index in [1.165, 1.54) is 18.2 Å². The Morgan fingerprint density at radius 1 is 1.12 bits per heavy atom. The number of fused-ring (bicyclic) bond motifs is 1. The third kappa shape index (κ3) is 3.38. The van der Waals surface area contributed by atoms with Crippen molar-refractivity contribution in [3.63, 3.8) is 0 Å². The normalized spacial score (nSPS) is 11.2. The summed E-state index contributed by atoms with van der Waals surface area (Å²) in [6, 6.07) is 16.6. The summed E-state index contributed by atoms with van der Waals surface area (Å²) in [5.41, 5.74) is 10.8. The first kappa shape index (κ1) is 17.1. The van der Waals surface area contributed by atoms with Crippen LogP contribution in [0, 0.1) is 0 Å². The largest absolute Gasteiger partial charge is 0.469 e. The van der Waals surface area contributed by atoms with Crippen LogP contribution in [-0.4, -0.2) is 17.6 Å². The van der Waals surface area contributed by atoms with Crippen LogP contribution in [0.2, 0.25) is 0 Å². The number of ether oxygens (including phenoxy) is 1. The SMILES string of the molecule is COC(=O)Cc1c(N)n(Cc2ccc(C(C)C)cc2)c2ccccc12. The third-order valence-electron chi connectivity index (χ3n) is 4.66. The van der Waals surface area contributed by atoms with E-state index in [4.69, 9.17) is 10.5 Å². The summed E-state index contributed by atoms with van der Waals surface area (Å²) in [5, 5.41) is 1.00. The van der Waals surface area contributed by atoms with E-state index in [0.717, 1.165) is 16.5 Å². The molecule has 2 N–H and O–H groups in total. The Morgan fingerprint density at radius 2 is 1.80 bits per heavy atom. The second-order valence-corrected chi connectivity index (χ2v) is 6.62. The molecule has 0 aliphatic heterocycles. The number of aromatic nitrogens is 1. The average molecular weight is 336 g/mol. The van der Waals surface area contributed by atoms with Gasteiger partial charge in [0, 0.05) is 17.5 Å². The molecule has 0 bridgehead atoms. The molecule has 0 fully saturated rings. The highest BCUT2D eigenvalue weighted by atomic mass is 16.5. The first-order chi connectivity index (χ1) is 12.0. The van der Waals surface area contributed by atoms with Gasteiger partial charge in [-0.15, -0.1) is 0 Å². The molecule has 0 saturated heterocycles. The fourth-order valence-electron chi connectivity index (χ4n) is 3.16. The maximum absolute atomic E-state index is 11.8. The monoisotopic (exact) mass is 336 g/mol. The number of rotatable bonds is 5. The molecule has 0 saturated carbocycles. The minimum atomic E-state index is -0.282. The number of esters is 1. The Kier molecular flexibility index (Phi) is 4.79. The smallest absolute Gasteiger partial charge is 0.310 e. The van der Waals surface area contributed by atoms with Crippen molar-refractivity contribution in [2.45, 2.75) is 32.7 Å². The number of hydrogen-bond acceptors (Lipinski definition) is 3. The van der Waals surface area contributed by atoms with Crippen LogP contribution in [0.15, 0.2) is 48.5 Å². The number of methoxy groups -OCH3 is 1. The van der Waals surface area contributed by atoms with Crippen LogP contribution in [0.4, 0.5) is 5.82 Å². The Hall–Kier alpha value is -2.75. The maximum atomic E-state index is 11.8. The van der Waals surface area contributed by atoms with Gasteiger partial charge in [-0.25, -0.2) is 0 Å². The Labute approximate surface area is 148 Å². The molecular formula is C21H24N2O2. The summed E-state index contributed by atoms with van der Waals surface area (Å²) >= 11 is 0. The van der Waals surface area contributed by atoms with Crippen molar-refractivity contribution < 1.29 is 9.53 Å². The summed E-state index contributed by atoms with van der Waals surface area (Å²) in [4.78, 5) is 11.8. The molecule has 3 aromatic rings. The van der Waals surface area contributed by atoms with Crippen molar-refractivity contribution >= 4 is 22.7 Å². The lowest BCUT2D eigenvalue weighted by molar-refractivity contribution is -0.139.